The molecular weight excluding hydrogens is 224 g/mol. The average Bonchev–Trinajstić information content (AvgIpc) is 2.83. The lowest BCUT2D eigenvalue weighted by molar-refractivity contribution is -0.136. The third kappa shape index (κ3) is 2.52. The van der Waals surface area contributed by atoms with E-state index in [0.29, 0.717) is 5.69 Å². The predicted octanol–water partition coefficient (Wildman–Crippen LogP) is 2.01. The van der Waals surface area contributed by atoms with Crippen molar-refractivity contribution >= 4 is 22.4 Å². The Morgan fingerprint density at radius 3 is 3.19 bits per heavy atom. The van der Waals surface area contributed by atoms with Crippen LogP contribution < -0.4 is 4.90 Å². The van der Waals surface area contributed by atoms with Crippen molar-refractivity contribution in [2.45, 2.75) is 26.2 Å². The molecule has 88 valence electrons. The number of carbonyl (C=O) groups is 1. The van der Waals surface area contributed by atoms with E-state index in [1.165, 1.54) is 12.8 Å². The van der Waals surface area contributed by atoms with Crippen LogP contribution in [-0.4, -0.2) is 29.1 Å². The van der Waals surface area contributed by atoms with E-state index in [4.69, 9.17) is 5.11 Å². The Morgan fingerprint density at radius 1 is 1.75 bits per heavy atom. The summed E-state index contributed by atoms with van der Waals surface area (Å²) in [5, 5.41) is 11.5. The van der Waals surface area contributed by atoms with E-state index in [-0.39, 0.29) is 6.42 Å². The third-order valence-corrected chi connectivity index (χ3v) is 3.96. The van der Waals surface area contributed by atoms with E-state index in [9.17, 15) is 4.79 Å². The van der Waals surface area contributed by atoms with E-state index in [1.807, 2.05) is 5.38 Å². The zero-order valence-electron chi connectivity index (χ0n) is 9.35. The van der Waals surface area contributed by atoms with Crippen LogP contribution in [0.15, 0.2) is 5.38 Å². The standard InChI is InChI=1S/C11H16N2O2S/c1-2-8-3-4-13(6-8)11-12-9(7-16-11)5-10(14)15/h7-8H,2-6H2,1H3,(H,14,15)/t8-/m1/s1. The monoisotopic (exact) mass is 240 g/mol. The predicted molar refractivity (Wildman–Crippen MR) is 64.1 cm³/mol. The number of anilines is 1. The summed E-state index contributed by atoms with van der Waals surface area (Å²) in [5.74, 6) is -0.0449. The lowest BCUT2D eigenvalue weighted by atomic mass is 10.1. The number of thiazole rings is 1. The molecule has 1 saturated heterocycles. The molecule has 1 aliphatic heterocycles. The largest absolute Gasteiger partial charge is 0.481 e. The van der Waals surface area contributed by atoms with E-state index in [1.54, 1.807) is 11.3 Å². The molecule has 16 heavy (non-hydrogen) atoms. The van der Waals surface area contributed by atoms with Gasteiger partial charge in [0.1, 0.15) is 0 Å². The first kappa shape index (κ1) is 11.4. The molecule has 0 radical (unpaired) electrons. The second-order valence-corrected chi connectivity index (χ2v) is 5.04. The van der Waals surface area contributed by atoms with Crippen LogP contribution >= 0.6 is 11.3 Å². The van der Waals surface area contributed by atoms with Gasteiger partial charge in [-0.2, -0.15) is 0 Å². The number of aliphatic carboxylic acids is 1. The number of carboxylic acids is 1. The topological polar surface area (TPSA) is 53.4 Å². The van der Waals surface area contributed by atoms with Crippen LogP contribution in [-0.2, 0) is 11.2 Å². The van der Waals surface area contributed by atoms with Gasteiger partial charge in [-0.1, -0.05) is 13.3 Å². The maximum atomic E-state index is 10.5. The minimum absolute atomic E-state index is 0.0293. The fourth-order valence-electron chi connectivity index (χ4n) is 2.02. The highest BCUT2D eigenvalue weighted by atomic mass is 32.1. The molecular formula is C11H16N2O2S. The summed E-state index contributed by atoms with van der Waals surface area (Å²) in [6, 6.07) is 0. The van der Waals surface area contributed by atoms with Crippen LogP contribution in [0.5, 0.6) is 0 Å². The highest BCUT2D eigenvalue weighted by Gasteiger charge is 2.23. The molecule has 1 aromatic heterocycles. The van der Waals surface area contributed by atoms with Crippen LogP contribution in [0.3, 0.4) is 0 Å². The van der Waals surface area contributed by atoms with E-state index >= 15 is 0 Å². The zero-order chi connectivity index (χ0) is 11.5. The number of nitrogens with zero attached hydrogens (tertiary/aromatic N) is 2. The van der Waals surface area contributed by atoms with Gasteiger partial charge < -0.3 is 10.0 Å². The number of hydrogen-bond donors (Lipinski definition) is 1. The molecule has 0 unspecified atom stereocenters. The van der Waals surface area contributed by atoms with Crippen molar-refractivity contribution in [2.75, 3.05) is 18.0 Å². The lowest BCUT2D eigenvalue weighted by Gasteiger charge is -2.13. The SMILES string of the molecule is CC[C@@H]1CCN(c2nc(CC(=O)O)cs2)C1. The van der Waals surface area contributed by atoms with E-state index in [0.717, 1.165) is 24.1 Å². The molecule has 0 amide bonds. The third-order valence-electron chi connectivity index (χ3n) is 3.01. The fraction of sp³-hybridized carbons (Fsp3) is 0.636. The number of hydrogen-bond acceptors (Lipinski definition) is 4. The first-order valence-corrected chi connectivity index (χ1v) is 6.48. The highest BCUT2D eigenvalue weighted by molar-refractivity contribution is 7.13. The van der Waals surface area contributed by atoms with Gasteiger partial charge in [0, 0.05) is 18.5 Å². The highest BCUT2D eigenvalue weighted by Crippen LogP contribution is 2.28. The zero-order valence-corrected chi connectivity index (χ0v) is 10.2. The van der Waals surface area contributed by atoms with Gasteiger partial charge in [0.05, 0.1) is 12.1 Å². The summed E-state index contributed by atoms with van der Waals surface area (Å²) >= 11 is 1.55. The summed E-state index contributed by atoms with van der Waals surface area (Å²) in [6.45, 7) is 4.33. The summed E-state index contributed by atoms with van der Waals surface area (Å²) in [6.07, 6.45) is 2.47. The van der Waals surface area contributed by atoms with Crippen molar-refractivity contribution in [3.8, 4) is 0 Å². The van der Waals surface area contributed by atoms with Crippen molar-refractivity contribution in [1.29, 1.82) is 0 Å². The van der Waals surface area contributed by atoms with Gasteiger partial charge in [-0.25, -0.2) is 4.98 Å². The molecule has 4 nitrogen and oxygen atoms in total. The second kappa shape index (κ2) is 4.82. The van der Waals surface area contributed by atoms with Crippen molar-refractivity contribution < 1.29 is 9.90 Å². The van der Waals surface area contributed by atoms with Gasteiger partial charge in [0.25, 0.3) is 0 Å². The normalized spacial score (nSPS) is 20.3. The Morgan fingerprint density at radius 2 is 2.56 bits per heavy atom. The van der Waals surface area contributed by atoms with Crippen molar-refractivity contribution in [3.63, 3.8) is 0 Å². The van der Waals surface area contributed by atoms with Gasteiger partial charge in [-0.3, -0.25) is 4.79 Å². The molecule has 1 N–H and O–H groups in total. The summed E-state index contributed by atoms with van der Waals surface area (Å²) < 4.78 is 0. The maximum absolute atomic E-state index is 10.5. The number of aromatic nitrogens is 1. The van der Waals surface area contributed by atoms with Crippen LogP contribution in [0.1, 0.15) is 25.5 Å². The molecule has 0 bridgehead atoms. The Bertz CT molecular complexity index is 378. The Labute approximate surface area is 98.9 Å². The minimum Gasteiger partial charge on any atom is -0.481 e. The lowest BCUT2D eigenvalue weighted by Crippen LogP contribution is -2.19. The van der Waals surface area contributed by atoms with E-state index in [2.05, 4.69) is 16.8 Å². The molecule has 1 fully saturated rings. The van der Waals surface area contributed by atoms with Gasteiger partial charge in [-0.05, 0) is 12.3 Å². The molecule has 5 heteroatoms. The van der Waals surface area contributed by atoms with Crippen LogP contribution in [0.25, 0.3) is 0 Å². The van der Waals surface area contributed by atoms with Crippen molar-refractivity contribution in [2.24, 2.45) is 5.92 Å². The van der Waals surface area contributed by atoms with Crippen molar-refractivity contribution in [1.82, 2.24) is 4.98 Å². The molecule has 0 saturated carbocycles. The van der Waals surface area contributed by atoms with Gasteiger partial charge in [0.2, 0.25) is 0 Å². The van der Waals surface area contributed by atoms with Gasteiger partial charge in [0.15, 0.2) is 5.13 Å². The van der Waals surface area contributed by atoms with Crippen LogP contribution in [0, 0.1) is 5.92 Å². The first-order chi connectivity index (χ1) is 7.69. The first-order valence-electron chi connectivity index (χ1n) is 5.60. The number of carboxylic acid groups (broad SMARTS) is 1. The van der Waals surface area contributed by atoms with E-state index < -0.39 is 5.97 Å². The molecule has 2 heterocycles. The molecule has 0 aromatic carbocycles. The smallest absolute Gasteiger partial charge is 0.309 e. The average molecular weight is 240 g/mol. The number of rotatable bonds is 4. The van der Waals surface area contributed by atoms with Gasteiger partial charge in [-0.15, -0.1) is 11.3 Å². The summed E-state index contributed by atoms with van der Waals surface area (Å²) in [5.41, 5.74) is 0.674. The second-order valence-electron chi connectivity index (χ2n) is 4.20. The molecule has 2 rings (SSSR count). The van der Waals surface area contributed by atoms with Gasteiger partial charge >= 0.3 is 5.97 Å². The molecule has 0 spiro atoms. The quantitative estimate of drug-likeness (QED) is 0.874. The Kier molecular flexibility index (Phi) is 3.43. The molecule has 1 aliphatic rings. The molecule has 1 aromatic rings. The Hall–Kier alpha value is -1.10. The molecule has 1 atom stereocenters. The van der Waals surface area contributed by atoms with Crippen LogP contribution in [0.4, 0.5) is 5.13 Å². The fourth-order valence-corrected chi connectivity index (χ4v) is 2.88. The van der Waals surface area contributed by atoms with Crippen LogP contribution in [0.2, 0.25) is 0 Å². The molecule has 0 aliphatic carbocycles. The summed E-state index contributed by atoms with van der Waals surface area (Å²) in [4.78, 5) is 17.2. The maximum Gasteiger partial charge on any atom is 0.309 e. The van der Waals surface area contributed by atoms with Crippen molar-refractivity contribution in [3.05, 3.63) is 11.1 Å². The summed E-state index contributed by atoms with van der Waals surface area (Å²) in [7, 11) is 0. The minimum atomic E-state index is -0.815. The Balaban J connectivity index is 1.99.